The maximum atomic E-state index is 13.0. The van der Waals surface area contributed by atoms with E-state index in [4.69, 9.17) is 0 Å². The van der Waals surface area contributed by atoms with Crippen molar-refractivity contribution < 1.29 is 13.2 Å². The van der Waals surface area contributed by atoms with Crippen molar-refractivity contribution in [3.05, 3.63) is 41.6 Å². The Morgan fingerprint density at radius 2 is 2.00 bits per heavy atom. The largest absolute Gasteiger partial charge is 0.417 e. The summed E-state index contributed by atoms with van der Waals surface area (Å²) in [5.74, 6) is 0. The smallest absolute Gasteiger partial charge is 0.309 e. The summed E-state index contributed by atoms with van der Waals surface area (Å²) in [7, 11) is 0. The summed E-state index contributed by atoms with van der Waals surface area (Å²) in [6, 6.07) is 7.26. The number of nitrogens with zero attached hydrogens (tertiary/aromatic N) is 2. The molecule has 6 heteroatoms. The van der Waals surface area contributed by atoms with Crippen LogP contribution < -0.4 is 5.32 Å². The van der Waals surface area contributed by atoms with Gasteiger partial charge in [-0.15, -0.1) is 0 Å². The number of fused-ring (bicyclic) bond motifs is 1. The number of hydrogen-bond acceptors (Lipinski definition) is 2. The molecule has 2 heterocycles. The van der Waals surface area contributed by atoms with Crippen molar-refractivity contribution in [2.45, 2.75) is 19.3 Å². The first kappa shape index (κ1) is 12.2. The molecule has 19 heavy (non-hydrogen) atoms. The van der Waals surface area contributed by atoms with Gasteiger partial charge in [-0.1, -0.05) is 18.2 Å². The minimum Gasteiger partial charge on any atom is -0.309 e. The lowest BCUT2D eigenvalue weighted by molar-refractivity contribution is -0.137. The summed E-state index contributed by atoms with van der Waals surface area (Å²) >= 11 is 0. The molecule has 1 aromatic heterocycles. The number of halogens is 3. The van der Waals surface area contributed by atoms with Crippen LogP contribution in [0, 0.1) is 0 Å². The second-order valence-electron chi connectivity index (χ2n) is 4.46. The highest BCUT2D eigenvalue weighted by molar-refractivity contribution is 5.64. The van der Waals surface area contributed by atoms with E-state index in [9.17, 15) is 13.2 Å². The average Bonchev–Trinajstić information content (AvgIpc) is 2.81. The molecule has 0 saturated carbocycles. The van der Waals surface area contributed by atoms with Crippen LogP contribution in [0.4, 0.5) is 13.2 Å². The highest BCUT2D eigenvalue weighted by Crippen LogP contribution is 2.36. The molecule has 0 unspecified atom stereocenters. The van der Waals surface area contributed by atoms with E-state index < -0.39 is 11.7 Å². The number of alkyl halides is 3. The maximum Gasteiger partial charge on any atom is 0.417 e. The molecule has 1 N–H and O–H groups in total. The van der Waals surface area contributed by atoms with E-state index in [-0.39, 0.29) is 5.56 Å². The second kappa shape index (κ2) is 4.38. The summed E-state index contributed by atoms with van der Waals surface area (Å²) in [5.41, 5.74) is 0.792. The molecule has 0 saturated heterocycles. The van der Waals surface area contributed by atoms with Crippen LogP contribution in [0.15, 0.2) is 30.3 Å². The molecule has 0 fully saturated rings. The fraction of sp³-hybridized carbons (Fsp3) is 0.308. The molecule has 0 bridgehead atoms. The molecule has 1 aliphatic heterocycles. The van der Waals surface area contributed by atoms with Crippen LogP contribution in [0.5, 0.6) is 0 Å². The highest BCUT2D eigenvalue weighted by Gasteiger charge is 2.34. The summed E-state index contributed by atoms with van der Waals surface area (Å²) < 4.78 is 40.7. The molecule has 0 radical (unpaired) electrons. The normalized spacial score (nSPS) is 15.3. The Balaban J connectivity index is 2.09. The molecule has 100 valence electrons. The third-order valence-corrected chi connectivity index (χ3v) is 3.18. The van der Waals surface area contributed by atoms with Gasteiger partial charge in [0.25, 0.3) is 0 Å². The van der Waals surface area contributed by atoms with E-state index in [1.807, 2.05) is 0 Å². The summed E-state index contributed by atoms with van der Waals surface area (Å²) in [5, 5.41) is 7.44. The Labute approximate surface area is 108 Å². The first-order valence-electron chi connectivity index (χ1n) is 6.00. The summed E-state index contributed by atoms with van der Waals surface area (Å²) in [6.07, 6.45) is -4.36. The first-order valence-corrected chi connectivity index (χ1v) is 6.00. The van der Waals surface area contributed by atoms with E-state index in [0.717, 1.165) is 18.3 Å². The average molecular weight is 267 g/mol. The maximum absolute atomic E-state index is 13.0. The van der Waals surface area contributed by atoms with Gasteiger partial charge in [-0.25, -0.2) is 0 Å². The van der Waals surface area contributed by atoms with Crippen LogP contribution >= 0.6 is 0 Å². The fourth-order valence-corrected chi connectivity index (χ4v) is 2.28. The van der Waals surface area contributed by atoms with Crippen LogP contribution in [-0.2, 0) is 19.3 Å². The van der Waals surface area contributed by atoms with Gasteiger partial charge < -0.3 is 5.32 Å². The number of rotatable bonds is 1. The molecule has 1 aliphatic rings. The fourth-order valence-electron chi connectivity index (χ4n) is 2.28. The molecule has 3 rings (SSSR count). The zero-order valence-electron chi connectivity index (χ0n) is 10.0. The lowest BCUT2D eigenvalue weighted by atomic mass is 10.0. The minimum absolute atomic E-state index is 0.136. The van der Waals surface area contributed by atoms with Gasteiger partial charge in [-0.3, -0.25) is 4.68 Å². The van der Waals surface area contributed by atoms with E-state index in [0.29, 0.717) is 18.8 Å². The Morgan fingerprint density at radius 3 is 2.74 bits per heavy atom. The molecular formula is C13H12F3N3. The van der Waals surface area contributed by atoms with Crippen molar-refractivity contribution in [1.29, 1.82) is 0 Å². The Kier molecular flexibility index (Phi) is 2.82. The number of benzene rings is 1. The monoisotopic (exact) mass is 267 g/mol. The van der Waals surface area contributed by atoms with E-state index in [1.165, 1.54) is 12.1 Å². The Morgan fingerprint density at radius 1 is 1.21 bits per heavy atom. The van der Waals surface area contributed by atoms with Gasteiger partial charge in [-0.2, -0.15) is 18.3 Å². The van der Waals surface area contributed by atoms with Crippen LogP contribution in [0.25, 0.3) is 11.3 Å². The minimum atomic E-state index is -4.36. The molecule has 2 aromatic rings. The molecule has 0 aliphatic carbocycles. The van der Waals surface area contributed by atoms with Gasteiger partial charge in [0.05, 0.1) is 23.5 Å². The van der Waals surface area contributed by atoms with Crippen LogP contribution in [0.2, 0.25) is 0 Å². The van der Waals surface area contributed by atoms with Crippen LogP contribution in [0.3, 0.4) is 0 Å². The van der Waals surface area contributed by atoms with Crippen molar-refractivity contribution in [2.24, 2.45) is 0 Å². The molecule has 0 spiro atoms. The van der Waals surface area contributed by atoms with Gasteiger partial charge in [0.1, 0.15) is 0 Å². The van der Waals surface area contributed by atoms with Crippen molar-refractivity contribution in [1.82, 2.24) is 15.1 Å². The van der Waals surface area contributed by atoms with Crippen LogP contribution in [-0.4, -0.2) is 16.3 Å². The number of hydrogen-bond donors (Lipinski definition) is 1. The van der Waals surface area contributed by atoms with E-state index in [1.54, 1.807) is 16.8 Å². The van der Waals surface area contributed by atoms with Gasteiger partial charge in [0, 0.05) is 18.7 Å². The third kappa shape index (κ3) is 2.23. The quantitative estimate of drug-likeness (QED) is 0.861. The van der Waals surface area contributed by atoms with Gasteiger partial charge in [-0.05, 0) is 12.1 Å². The third-order valence-electron chi connectivity index (χ3n) is 3.18. The Bertz CT molecular complexity index is 578. The topological polar surface area (TPSA) is 29.9 Å². The molecule has 3 nitrogen and oxygen atoms in total. The zero-order chi connectivity index (χ0) is 13.5. The summed E-state index contributed by atoms with van der Waals surface area (Å²) in [4.78, 5) is 0. The molecule has 0 atom stereocenters. The summed E-state index contributed by atoms with van der Waals surface area (Å²) in [6.45, 7) is 2.11. The van der Waals surface area contributed by atoms with Crippen LogP contribution in [0.1, 0.15) is 11.3 Å². The standard InChI is InChI=1S/C13H12F3N3/c14-13(15,16)11-4-2-1-3-10(11)12-7-9-8-17-5-6-19(9)18-12/h1-4,7,17H,5-6,8H2. The molecule has 0 amide bonds. The molecule has 1 aromatic carbocycles. The molecular weight excluding hydrogens is 255 g/mol. The lowest BCUT2D eigenvalue weighted by Gasteiger charge is -2.13. The van der Waals surface area contributed by atoms with Crippen molar-refractivity contribution in [3.63, 3.8) is 0 Å². The number of nitrogens with one attached hydrogen (secondary N) is 1. The van der Waals surface area contributed by atoms with Crippen molar-refractivity contribution in [2.75, 3.05) is 6.54 Å². The van der Waals surface area contributed by atoms with Gasteiger partial charge in [0.15, 0.2) is 0 Å². The SMILES string of the molecule is FC(F)(F)c1ccccc1-c1cc2n(n1)CCNC2. The van der Waals surface area contributed by atoms with E-state index >= 15 is 0 Å². The van der Waals surface area contributed by atoms with Gasteiger partial charge >= 0.3 is 6.18 Å². The first-order chi connectivity index (χ1) is 9.05. The van der Waals surface area contributed by atoms with Crippen molar-refractivity contribution >= 4 is 0 Å². The number of aromatic nitrogens is 2. The predicted octanol–water partition coefficient (Wildman–Crippen LogP) is 2.67. The van der Waals surface area contributed by atoms with Gasteiger partial charge in [0.2, 0.25) is 0 Å². The Hall–Kier alpha value is -1.82. The second-order valence-corrected chi connectivity index (χ2v) is 4.46. The lowest BCUT2D eigenvalue weighted by Crippen LogP contribution is -2.28. The van der Waals surface area contributed by atoms with Crippen molar-refractivity contribution in [3.8, 4) is 11.3 Å². The van der Waals surface area contributed by atoms with E-state index in [2.05, 4.69) is 10.4 Å². The highest BCUT2D eigenvalue weighted by atomic mass is 19.4. The zero-order valence-corrected chi connectivity index (χ0v) is 10.0. The predicted molar refractivity (Wildman–Crippen MR) is 64.4 cm³/mol.